The van der Waals surface area contributed by atoms with Crippen molar-refractivity contribution in [3.05, 3.63) is 51.2 Å². The topological polar surface area (TPSA) is 95.5 Å². The Balaban J connectivity index is 1.98. The maximum atomic E-state index is 12.5. The van der Waals surface area contributed by atoms with E-state index in [1.807, 2.05) is 6.07 Å². The number of nitrogens with one attached hydrogen (secondary N) is 2. The minimum Gasteiger partial charge on any atom is -0.481 e. The molecular formula is C20H24N2O4S. The average molecular weight is 388 g/mol. The quantitative estimate of drug-likeness (QED) is 0.610. The molecule has 7 heteroatoms. The lowest BCUT2D eigenvalue weighted by Gasteiger charge is -2.06. The molecule has 2 amide bonds. The number of carbonyl (C=O) groups is 3. The van der Waals surface area contributed by atoms with Crippen molar-refractivity contribution >= 4 is 34.8 Å². The molecule has 0 spiro atoms. The number of aliphatic carboxylic acids is 1. The Kier molecular flexibility index (Phi) is 7.55. The van der Waals surface area contributed by atoms with Crippen LogP contribution in [0.5, 0.6) is 0 Å². The van der Waals surface area contributed by atoms with Crippen LogP contribution in [-0.4, -0.2) is 29.4 Å². The number of benzene rings is 1. The zero-order valence-corrected chi connectivity index (χ0v) is 16.3. The number of carbonyl (C=O) groups excluding carboxylic acids is 2. The summed E-state index contributed by atoms with van der Waals surface area (Å²) >= 11 is 1.53. The highest BCUT2D eigenvalue weighted by atomic mass is 32.1. The summed E-state index contributed by atoms with van der Waals surface area (Å²) in [6, 6.07) is 8.46. The van der Waals surface area contributed by atoms with E-state index in [9.17, 15) is 14.4 Å². The maximum Gasteiger partial charge on any atom is 0.305 e. The molecule has 0 unspecified atom stereocenters. The monoisotopic (exact) mass is 388 g/mol. The van der Waals surface area contributed by atoms with Crippen molar-refractivity contribution in [1.82, 2.24) is 5.32 Å². The van der Waals surface area contributed by atoms with Gasteiger partial charge >= 0.3 is 5.97 Å². The van der Waals surface area contributed by atoms with Gasteiger partial charge < -0.3 is 15.7 Å². The summed E-state index contributed by atoms with van der Waals surface area (Å²) in [5.74, 6) is -1.46. The molecular weight excluding hydrogens is 364 g/mol. The van der Waals surface area contributed by atoms with Crippen LogP contribution in [0.1, 0.15) is 57.2 Å². The molecule has 3 N–H and O–H groups in total. The third kappa shape index (κ3) is 5.92. The third-order valence-corrected chi connectivity index (χ3v) is 5.24. The van der Waals surface area contributed by atoms with Gasteiger partial charge in [0.15, 0.2) is 0 Å². The molecule has 1 heterocycles. The molecule has 1 aromatic carbocycles. The molecule has 0 bridgehead atoms. The van der Waals surface area contributed by atoms with Crippen molar-refractivity contribution in [1.29, 1.82) is 0 Å². The number of anilines is 1. The largest absolute Gasteiger partial charge is 0.481 e. The van der Waals surface area contributed by atoms with Crippen molar-refractivity contribution in [3.8, 4) is 0 Å². The molecule has 0 radical (unpaired) electrons. The summed E-state index contributed by atoms with van der Waals surface area (Å²) in [5, 5.41) is 14.0. The van der Waals surface area contributed by atoms with Crippen LogP contribution >= 0.6 is 11.3 Å². The molecule has 0 saturated heterocycles. The molecule has 2 rings (SSSR count). The molecule has 6 nitrogen and oxygen atoms in total. The fraction of sp³-hybridized carbons (Fsp3) is 0.350. The normalized spacial score (nSPS) is 10.4. The first-order valence-electron chi connectivity index (χ1n) is 8.97. The second kappa shape index (κ2) is 9.87. The van der Waals surface area contributed by atoms with Gasteiger partial charge in [0.2, 0.25) is 0 Å². The Labute approximate surface area is 162 Å². The fourth-order valence-electron chi connectivity index (χ4n) is 2.60. The van der Waals surface area contributed by atoms with Gasteiger partial charge in [0.1, 0.15) is 0 Å². The van der Waals surface area contributed by atoms with Gasteiger partial charge in [0.25, 0.3) is 11.8 Å². The van der Waals surface area contributed by atoms with E-state index < -0.39 is 5.97 Å². The maximum absolute atomic E-state index is 12.5. The Hall–Kier alpha value is -2.67. The number of hydrogen-bond donors (Lipinski definition) is 3. The van der Waals surface area contributed by atoms with Gasteiger partial charge in [-0.25, -0.2) is 0 Å². The zero-order valence-electron chi connectivity index (χ0n) is 15.5. The van der Waals surface area contributed by atoms with Gasteiger partial charge in [-0.1, -0.05) is 20.3 Å². The van der Waals surface area contributed by atoms with Crippen LogP contribution in [0.25, 0.3) is 0 Å². The molecule has 0 fully saturated rings. The Bertz CT molecular complexity index is 812. The first kappa shape index (κ1) is 20.6. The van der Waals surface area contributed by atoms with Gasteiger partial charge in [-0.3, -0.25) is 14.4 Å². The van der Waals surface area contributed by atoms with Gasteiger partial charge in [-0.2, -0.15) is 0 Å². The minimum absolute atomic E-state index is 0.0743. The van der Waals surface area contributed by atoms with Crippen LogP contribution in [0.3, 0.4) is 0 Å². The van der Waals surface area contributed by atoms with Crippen LogP contribution in [0.2, 0.25) is 0 Å². The predicted octanol–water partition coefficient (Wildman–Crippen LogP) is 3.72. The van der Waals surface area contributed by atoms with Gasteiger partial charge in [0, 0.05) is 22.7 Å². The molecule has 0 aliphatic heterocycles. The van der Waals surface area contributed by atoms with Crippen LogP contribution in [-0.2, 0) is 17.6 Å². The Morgan fingerprint density at radius 2 is 1.78 bits per heavy atom. The second-order valence-electron chi connectivity index (χ2n) is 6.09. The third-order valence-electron chi connectivity index (χ3n) is 4.01. The van der Waals surface area contributed by atoms with E-state index >= 15 is 0 Å². The standard InChI is InChI=1S/C20H24N2O4S/c1-3-5-16-13(4-2)12-17(27-16)20(26)22-15-8-6-14(7-9-15)19(25)21-11-10-18(23)24/h6-9,12H,3-5,10-11H2,1-2H3,(H,21,25)(H,22,26)(H,23,24). The number of carboxylic acid groups (broad SMARTS) is 1. The molecule has 144 valence electrons. The molecule has 0 aliphatic carbocycles. The van der Waals surface area contributed by atoms with Gasteiger partial charge in [-0.15, -0.1) is 11.3 Å². The van der Waals surface area contributed by atoms with E-state index in [2.05, 4.69) is 24.5 Å². The number of carboxylic acids is 1. The average Bonchev–Trinajstić information content (AvgIpc) is 3.05. The van der Waals surface area contributed by atoms with Crippen LogP contribution < -0.4 is 10.6 Å². The smallest absolute Gasteiger partial charge is 0.305 e. The molecule has 1 aromatic heterocycles. The molecule has 27 heavy (non-hydrogen) atoms. The van der Waals surface area contributed by atoms with E-state index in [1.165, 1.54) is 21.8 Å². The van der Waals surface area contributed by atoms with Gasteiger partial charge in [-0.05, 0) is 48.7 Å². The molecule has 0 saturated carbocycles. The first-order chi connectivity index (χ1) is 12.9. The summed E-state index contributed by atoms with van der Waals surface area (Å²) < 4.78 is 0. The highest BCUT2D eigenvalue weighted by molar-refractivity contribution is 7.14. The molecule has 0 atom stereocenters. The predicted molar refractivity (Wildman–Crippen MR) is 107 cm³/mol. The van der Waals surface area contributed by atoms with Crippen molar-refractivity contribution in [3.63, 3.8) is 0 Å². The number of thiophene rings is 1. The summed E-state index contributed by atoms with van der Waals surface area (Å²) in [6.45, 7) is 4.28. The summed E-state index contributed by atoms with van der Waals surface area (Å²) in [5.41, 5.74) is 2.24. The second-order valence-corrected chi connectivity index (χ2v) is 7.23. The number of aryl methyl sites for hydroxylation is 2. The lowest BCUT2D eigenvalue weighted by Crippen LogP contribution is -2.25. The number of rotatable bonds is 9. The number of amides is 2. The van der Waals surface area contributed by atoms with Gasteiger partial charge in [0.05, 0.1) is 11.3 Å². The lowest BCUT2D eigenvalue weighted by atomic mass is 10.1. The van der Waals surface area contributed by atoms with Crippen LogP contribution in [0.4, 0.5) is 5.69 Å². The van der Waals surface area contributed by atoms with E-state index in [1.54, 1.807) is 24.3 Å². The van der Waals surface area contributed by atoms with Crippen molar-refractivity contribution in [2.24, 2.45) is 0 Å². The van der Waals surface area contributed by atoms with E-state index in [0.29, 0.717) is 16.1 Å². The first-order valence-corrected chi connectivity index (χ1v) is 9.79. The minimum atomic E-state index is -0.963. The highest BCUT2D eigenvalue weighted by Gasteiger charge is 2.14. The SMILES string of the molecule is CCCc1sc(C(=O)Nc2ccc(C(=O)NCCC(=O)O)cc2)cc1CC. The van der Waals surface area contributed by atoms with E-state index in [4.69, 9.17) is 5.11 Å². The fourth-order valence-corrected chi connectivity index (χ4v) is 3.85. The van der Waals surface area contributed by atoms with Crippen LogP contribution in [0.15, 0.2) is 30.3 Å². The lowest BCUT2D eigenvalue weighted by molar-refractivity contribution is -0.136. The number of hydrogen-bond acceptors (Lipinski definition) is 4. The summed E-state index contributed by atoms with van der Waals surface area (Å²) in [7, 11) is 0. The van der Waals surface area contributed by atoms with Crippen molar-refractivity contribution in [2.75, 3.05) is 11.9 Å². The Morgan fingerprint density at radius 3 is 2.37 bits per heavy atom. The van der Waals surface area contributed by atoms with E-state index in [0.717, 1.165) is 19.3 Å². The molecule has 2 aromatic rings. The summed E-state index contributed by atoms with van der Waals surface area (Å²) in [6.07, 6.45) is 2.81. The summed E-state index contributed by atoms with van der Waals surface area (Å²) in [4.78, 5) is 36.8. The zero-order chi connectivity index (χ0) is 19.8. The van der Waals surface area contributed by atoms with Crippen LogP contribution in [0, 0.1) is 0 Å². The van der Waals surface area contributed by atoms with E-state index in [-0.39, 0.29) is 24.8 Å². The van der Waals surface area contributed by atoms with Crippen molar-refractivity contribution < 1.29 is 19.5 Å². The molecule has 0 aliphatic rings. The highest BCUT2D eigenvalue weighted by Crippen LogP contribution is 2.25. The van der Waals surface area contributed by atoms with Crippen molar-refractivity contribution in [2.45, 2.75) is 39.5 Å². The Morgan fingerprint density at radius 1 is 1.07 bits per heavy atom.